The monoisotopic (exact) mass is 391 g/mol. The summed E-state index contributed by atoms with van der Waals surface area (Å²) in [5, 5.41) is 19.0. The molecule has 6 heteroatoms. The van der Waals surface area contributed by atoms with Crippen molar-refractivity contribution in [3.63, 3.8) is 0 Å². The number of carbonyl (C=O) groups is 1. The van der Waals surface area contributed by atoms with Crippen LogP contribution in [0.3, 0.4) is 0 Å². The van der Waals surface area contributed by atoms with E-state index in [4.69, 9.17) is 27.2 Å². The standard InChI is InChI=1S/C21H26ClNO4/c1-21(20(25)26,14-27-10-9-24)13-19(23)11-15-5-7-16(8-6-15)17-3-2-4-18(22)12-17/h2-8,12,19,24H,9-11,13-14,23H2,1H3,(H,25,26)/t19-,21+/m1/s1. The molecule has 0 aromatic heterocycles. The molecule has 2 rings (SSSR count). The van der Waals surface area contributed by atoms with Gasteiger partial charge in [-0.15, -0.1) is 0 Å². The minimum Gasteiger partial charge on any atom is -0.481 e. The van der Waals surface area contributed by atoms with Crippen molar-refractivity contribution in [3.05, 3.63) is 59.1 Å². The van der Waals surface area contributed by atoms with Gasteiger partial charge in [-0.2, -0.15) is 0 Å². The number of ether oxygens (including phenoxy) is 1. The van der Waals surface area contributed by atoms with Crippen molar-refractivity contribution in [1.29, 1.82) is 0 Å². The number of carboxylic acids is 1. The first kappa shape index (κ1) is 21.4. The summed E-state index contributed by atoms with van der Waals surface area (Å²) >= 11 is 6.04. The Hall–Kier alpha value is -1.92. The Labute approximate surface area is 164 Å². The molecule has 0 amide bonds. The third-order valence-corrected chi connectivity index (χ3v) is 4.73. The van der Waals surface area contributed by atoms with Crippen LogP contribution in [0.25, 0.3) is 11.1 Å². The molecule has 0 saturated carbocycles. The Bertz CT molecular complexity index is 750. The fourth-order valence-corrected chi connectivity index (χ4v) is 3.22. The maximum atomic E-state index is 11.6. The third kappa shape index (κ3) is 6.33. The summed E-state index contributed by atoms with van der Waals surface area (Å²) in [6.45, 7) is 1.61. The Balaban J connectivity index is 2.00. The number of nitrogens with two attached hydrogens (primary N) is 1. The molecule has 4 N–H and O–H groups in total. The lowest BCUT2D eigenvalue weighted by molar-refractivity contribution is -0.152. The van der Waals surface area contributed by atoms with E-state index in [1.165, 1.54) is 0 Å². The van der Waals surface area contributed by atoms with Crippen LogP contribution in [0, 0.1) is 5.41 Å². The summed E-state index contributed by atoms with van der Waals surface area (Å²) in [7, 11) is 0. The quantitative estimate of drug-likeness (QED) is 0.540. The first-order valence-electron chi connectivity index (χ1n) is 8.86. The lowest BCUT2D eigenvalue weighted by Gasteiger charge is -2.27. The van der Waals surface area contributed by atoms with Crippen LogP contribution in [-0.4, -0.2) is 42.0 Å². The number of aliphatic hydroxyl groups excluding tert-OH is 1. The number of rotatable bonds is 10. The van der Waals surface area contributed by atoms with Gasteiger partial charge in [-0.05, 0) is 48.6 Å². The van der Waals surface area contributed by atoms with Crippen molar-refractivity contribution in [3.8, 4) is 11.1 Å². The predicted molar refractivity (Wildman–Crippen MR) is 107 cm³/mol. The van der Waals surface area contributed by atoms with Gasteiger partial charge in [0.2, 0.25) is 0 Å². The van der Waals surface area contributed by atoms with Crippen molar-refractivity contribution in [2.45, 2.75) is 25.8 Å². The van der Waals surface area contributed by atoms with Crippen LogP contribution >= 0.6 is 11.6 Å². The normalized spacial score (nSPS) is 14.5. The highest BCUT2D eigenvalue weighted by Crippen LogP contribution is 2.26. The minimum atomic E-state index is -1.09. The average Bonchev–Trinajstić information content (AvgIpc) is 2.62. The van der Waals surface area contributed by atoms with Crippen molar-refractivity contribution in [2.75, 3.05) is 19.8 Å². The van der Waals surface area contributed by atoms with Gasteiger partial charge in [-0.3, -0.25) is 4.79 Å². The number of benzene rings is 2. The maximum Gasteiger partial charge on any atom is 0.311 e. The molecule has 0 saturated heterocycles. The maximum absolute atomic E-state index is 11.6. The highest BCUT2D eigenvalue weighted by Gasteiger charge is 2.35. The lowest BCUT2D eigenvalue weighted by atomic mass is 9.83. The summed E-state index contributed by atoms with van der Waals surface area (Å²) in [4.78, 5) is 11.6. The Morgan fingerprint density at radius 2 is 1.93 bits per heavy atom. The lowest BCUT2D eigenvalue weighted by Crippen LogP contribution is -2.40. The van der Waals surface area contributed by atoms with Crippen molar-refractivity contribution >= 4 is 17.6 Å². The smallest absolute Gasteiger partial charge is 0.311 e. The summed E-state index contributed by atoms with van der Waals surface area (Å²) < 4.78 is 5.24. The number of hydrogen-bond donors (Lipinski definition) is 3. The van der Waals surface area contributed by atoms with Gasteiger partial charge in [0.05, 0.1) is 25.2 Å². The highest BCUT2D eigenvalue weighted by atomic mass is 35.5. The van der Waals surface area contributed by atoms with Gasteiger partial charge in [0.15, 0.2) is 0 Å². The van der Waals surface area contributed by atoms with Crippen LogP contribution in [0.4, 0.5) is 0 Å². The van der Waals surface area contributed by atoms with E-state index in [2.05, 4.69) is 0 Å². The fraction of sp³-hybridized carbons (Fsp3) is 0.381. The van der Waals surface area contributed by atoms with Gasteiger partial charge in [-0.1, -0.05) is 48.0 Å². The van der Waals surface area contributed by atoms with E-state index in [1.807, 2.05) is 48.5 Å². The summed E-state index contributed by atoms with van der Waals surface area (Å²) in [6, 6.07) is 15.3. The minimum absolute atomic E-state index is 0.0182. The second kappa shape index (κ2) is 9.85. The number of carboxylic acid groups (broad SMARTS) is 1. The van der Waals surface area contributed by atoms with Crippen molar-refractivity contribution in [2.24, 2.45) is 11.1 Å². The molecule has 2 aromatic rings. The number of aliphatic hydroxyl groups is 1. The summed E-state index contributed by atoms with van der Waals surface area (Å²) in [6.07, 6.45) is 0.850. The van der Waals surface area contributed by atoms with Crippen molar-refractivity contribution < 1.29 is 19.7 Å². The summed E-state index contributed by atoms with van der Waals surface area (Å²) in [5.74, 6) is -0.952. The van der Waals surface area contributed by atoms with Crippen LogP contribution in [0.5, 0.6) is 0 Å². The molecular formula is C21H26ClNO4. The molecule has 0 fully saturated rings. The molecule has 5 nitrogen and oxygen atoms in total. The van der Waals surface area contributed by atoms with Gasteiger partial charge in [0.1, 0.15) is 0 Å². The average molecular weight is 392 g/mol. The second-order valence-corrected chi connectivity index (χ2v) is 7.45. The van der Waals surface area contributed by atoms with Gasteiger partial charge < -0.3 is 20.7 Å². The molecule has 0 spiro atoms. The van der Waals surface area contributed by atoms with Gasteiger partial charge in [0.25, 0.3) is 0 Å². The molecule has 146 valence electrons. The SMILES string of the molecule is C[C@@](COCCO)(C[C@H](N)Cc1ccc(-c2cccc(Cl)c2)cc1)C(=O)O. The number of hydrogen-bond acceptors (Lipinski definition) is 4. The van der Waals surface area contributed by atoms with E-state index in [1.54, 1.807) is 6.92 Å². The van der Waals surface area contributed by atoms with Gasteiger partial charge in [-0.25, -0.2) is 0 Å². The molecule has 2 atom stereocenters. The zero-order valence-corrected chi connectivity index (χ0v) is 16.2. The third-order valence-electron chi connectivity index (χ3n) is 4.50. The van der Waals surface area contributed by atoms with E-state index in [0.717, 1.165) is 16.7 Å². The first-order chi connectivity index (χ1) is 12.8. The van der Waals surface area contributed by atoms with E-state index in [-0.39, 0.29) is 32.3 Å². The van der Waals surface area contributed by atoms with E-state index in [0.29, 0.717) is 11.4 Å². The molecule has 2 aromatic carbocycles. The zero-order chi connectivity index (χ0) is 19.9. The van der Waals surface area contributed by atoms with Crippen LogP contribution in [0.1, 0.15) is 18.9 Å². The van der Waals surface area contributed by atoms with Crippen LogP contribution < -0.4 is 5.73 Å². The zero-order valence-electron chi connectivity index (χ0n) is 15.4. The van der Waals surface area contributed by atoms with Crippen LogP contribution in [-0.2, 0) is 16.0 Å². The topological polar surface area (TPSA) is 92.8 Å². The van der Waals surface area contributed by atoms with E-state index < -0.39 is 11.4 Å². The molecule has 0 heterocycles. The van der Waals surface area contributed by atoms with Crippen LogP contribution in [0.15, 0.2) is 48.5 Å². The second-order valence-electron chi connectivity index (χ2n) is 7.02. The Morgan fingerprint density at radius 3 is 2.52 bits per heavy atom. The fourth-order valence-electron chi connectivity index (χ4n) is 3.02. The first-order valence-corrected chi connectivity index (χ1v) is 9.24. The predicted octanol–water partition coefficient (Wildman–Crippen LogP) is 3.37. The molecule has 0 aliphatic rings. The van der Waals surface area contributed by atoms with Gasteiger partial charge >= 0.3 is 5.97 Å². The summed E-state index contributed by atoms with van der Waals surface area (Å²) in [5.41, 5.74) is 8.27. The van der Waals surface area contributed by atoms with Crippen molar-refractivity contribution in [1.82, 2.24) is 0 Å². The van der Waals surface area contributed by atoms with Gasteiger partial charge in [0, 0.05) is 11.1 Å². The van der Waals surface area contributed by atoms with E-state index >= 15 is 0 Å². The number of aliphatic carboxylic acids is 1. The molecule has 0 unspecified atom stereocenters. The number of halogens is 1. The molecule has 0 aliphatic carbocycles. The largest absolute Gasteiger partial charge is 0.481 e. The Morgan fingerprint density at radius 1 is 1.22 bits per heavy atom. The molecule has 27 heavy (non-hydrogen) atoms. The molecule has 0 bridgehead atoms. The molecule has 0 radical (unpaired) electrons. The highest BCUT2D eigenvalue weighted by molar-refractivity contribution is 6.30. The Kier molecular flexibility index (Phi) is 7.80. The molecule has 0 aliphatic heterocycles. The molecular weight excluding hydrogens is 366 g/mol. The van der Waals surface area contributed by atoms with E-state index in [9.17, 15) is 9.90 Å². The van der Waals surface area contributed by atoms with Crippen LogP contribution in [0.2, 0.25) is 5.02 Å².